The van der Waals surface area contributed by atoms with E-state index in [1.807, 2.05) is 48.5 Å². The van der Waals surface area contributed by atoms with Crippen molar-refractivity contribution in [1.82, 2.24) is 0 Å². The lowest BCUT2D eigenvalue weighted by Crippen LogP contribution is -2.11. The minimum atomic E-state index is -3.32. The summed E-state index contributed by atoms with van der Waals surface area (Å²) in [5.41, 5.74) is 9.44. The molecule has 1 fully saturated rings. The maximum Gasteiger partial charge on any atom is 0.229 e. The fourth-order valence-corrected chi connectivity index (χ4v) is 3.11. The Morgan fingerprint density at radius 2 is 1.81 bits per heavy atom. The first-order valence-electron chi connectivity index (χ1n) is 6.87. The summed E-state index contributed by atoms with van der Waals surface area (Å²) >= 11 is 0. The van der Waals surface area contributed by atoms with Gasteiger partial charge in [0.15, 0.2) is 0 Å². The molecular weight excluding hydrogens is 284 g/mol. The van der Waals surface area contributed by atoms with Crippen LogP contribution in [0, 0.1) is 0 Å². The summed E-state index contributed by atoms with van der Waals surface area (Å²) in [6.45, 7) is 0. The molecule has 1 aliphatic carbocycles. The molecule has 2 unspecified atom stereocenters. The van der Waals surface area contributed by atoms with Crippen LogP contribution in [0.1, 0.15) is 17.9 Å². The summed E-state index contributed by atoms with van der Waals surface area (Å²) in [4.78, 5) is 0. The molecule has 3 N–H and O–H groups in total. The first kappa shape index (κ1) is 14.1. The minimum Gasteiger partial charge on any atom is -0.327 e. The molecule has 0 spiro atoms. The number of nitrogens with one attached hydrogen (secondary N) is 1. The number of rotatable bonds is 4. The summed E-state index contributed by atoms with van der Waals surface area (Å²) in [5.74, 6) is 0.343. The molecule has 4 nitrogen and oxygen atoms in total. The van der Waals surface area contributed by atoms with Crippen LogP contribution in [0.25, 0.3) is 11.1 Å². The molecule has 0 saturated heterocycles. The second-order valence-electron chi connectivity index (χ2n) is 5.55. The first-order valence-corrected chi connectivity index (χ1v) is 8.76. The van der Waals surface area contributed by atoms with E-state index in [1.54, 1.807) is 0 Å². The molecule has 1 saturated carbocycles. The van der Waals surface area contributed by atoms with Crippen molar-refractivity contribution in [2.24, 2.45) is 5.73 Å². The van der Waals surface area contributed by atoms with E-state index in [0.717, 1.165) is 29.4 Å². The monoisotopic (exact) mass is 302 g/mol. The van der Waals surface area contributed by atoms with E-state index in [9.17, 15) is 8.42 Å². The fraction of sp³-hybridized carbons (Fsp3) is 0.250. The van der Waals surface area contributed by atoms with Crippen LogP contribution in [0.2, 0.25) is 0 Å². The lowest BCUT2D eigenvalue weighted by atomic mass is 10.00. The van der Waals surface area contributed by atoms with Crippen LogP contribution in [-0.2, 0) is 10.0 Å². The average molecular weight is 302 g/mol. The highest BCUT2D eigenvalue weighted by atomic mass is 32.2. The van der Waals surface area contributed by atoms with E-state index in [2.05, 4.69) is 4.72 Å². The van der Waals surface area contributed by atoms with Crippen LogP contribution in [0.15, 0.2) is 48.5 Å². The highest BCUT2D eigenvalue weighted by Crippen LogP contribution is 2.41. The Labute approximate surface area is 125 Å². The van der Waals surface area contributed by atoms with Crippen molar-refractivity contribution in [3.63, 3.8) is 0 Å². The molecule has 2 aromatic rings. The summed E-state index contributed by atoms with van der Waals surface area (Å²) in [7, 11) is -3.32. The number of benzene rings is 2. The summed E-state index contributed by atoms with van der Waals surface area (Å²) in [5, 5.41) is 0. The molecule has 5 heteroatoms. The Hall–Kier alpha value is -1.85. The third-order valence-electron chi connectivity index (χ3n) is 3.69. The normalized spacial score (nSPS) is 21.0. The molecule has 3 rings (SSSR count). The Morgan fingerprint density at radius 1 is 1.14 bits per heavy atom. The van der Waals surface area contributed by atoms with Crippen molar-refractivity contribution >= 4 is 15.7 Å². The smallest absolute Gasteiger partial charge is 0.229 e. The van der Waals surface area contributed by atoms with Gasteiger partial charge in [0, 0.05) is 17.5 Å². The molecule has 0 aliphatic heterocycles. The van der Waals surface area contributed by atoms with Crippen LogP contribution >= 0.6 is 0 Å². The minimum absolute atomic E-state index is 0.193. The number of hydrogen-bond donors (Lipinski definition) is 2. The van der Waals surface area contributed by atoms with Crippen molar-refractivity contribution < 1.29 is 8.42 Å². The topological polar surface area (TPSA) is 72.2 Å². The molecule has 2 aromatic carbocycles. The predicted molar refractivity (Wildman–Crippen MR) is 85.7 cm³/mol. The molecule has 110 valence electrons. The van der Waals surface area contributed by atoms with E-state index in [4.69, 9.17) is 5.73 Å². The van der Waals surface area contributed by atoms with Crippen LogP contribution in [-0.4, -0.2) is 20.7 Å². The van der Waals surface area contributed by atoms with E-state index in [0.29, 0.717) is 11.6 Å². The quantitative estimate of drug-likeness (QED) is 0.911. The lowest BCUT2D eigenvalue weighted by molar-refractivity contribution is 0.607. The van der Waals surface area contributed by atoms with Gasteiger partial charge in [0.25, 0.3) is 0 Å². The van der Waals surface area contributed by atoms with Crippen LogP contribution in [0.5, 0.6) is 0 Å². The van der Waals surface area contributed by atoms with E-state index >= 15 is 0 Å². The highest BCUT2D eigenvalue weighted by Gasteiger charge is 2.35. The number of anilines is 1. The first-order chi connectivity index (χ1) is 9.94. The Kier molecular flexibility index (Phi) is 3.47. The SMILES string of the molecule is CS(=O)(=O)Nc1cc(C2CC2N)ccc1-c1ccccc1. The van der Waals surface area contributed by atoms with Crippen LogP contribution in [0.3, 0.4) is 0 Å². The van der Waals surface area contributed by atoms with Crippen molar-refractivity contribution in [3.05, 3.63) is 54.1 Å². The molecule has 2 atom stereocenters. The van der Waals surface area contributed by atoms with Gasteiger partial charge in [-0.2, -0.15) is 0 Å². The molecule has 0 bridgehead atoms. The van der Waals surface area contributed by atoms with Gasteiger partial charge in [0.2, 0.25) is 10.0 Å². The van der Waals surface area contributed by atoms with Crippen LogP contribution < -0.4 is 10.5 Å². The zero-order valence-electron chi connectivity index (χ0n) is 11.8. The second kappa shape index (κ2) is 5.16. The van der Waals surface area contributed by atoms with Crippen molar-refractivity contribution in [1.29, 1.82) is 0 Å². The zero-order valence-corrected chi connectivity index (χ0v) is 12.6. The summed E-state index contributed by atoms with van der Waals surface area (Å²) in [6, 6.07) is 15.8. The van der Waals surface area contributed by atoms with E-state index < -0.39 is 10.0 Å². The van der Waals surface area contributed by atoms with E-state index in [-0.39, 0.29) is 6.04 Å². The summed E-state index contributed by atoms with van der Waals surface area (Å²) in [6.07, 6.45) is 2.13. The number of hydrogen-bond acceptors (Lipinski definition) is 3. The number of sulfonamides is 1. The largest absolute Gasteiger partial charge is 0.327 e. The maximum atomic E-state index is 11.6. The average Bonchev–Trinajstić information content (AvgIpc) is 3.15. The zero-order chi connectivity index (χ0) is 15.0. The van der Waals surface area contributed by atoms with Crippen molar-refractivity contribution in [3.8, 4) is 11.1 Å². The molecule has 0 aromatic heterocycles. The van der Waals surface area contributed by atoms with Crippen molar-refractivity contribution in [2.45, 2.75) is 18.4 Å². The van der Waals surface area contributed by atoms with Gasteiger partial charge in [0.1, 0.15) is 0 Å². The molecular formula is C16H18N2O2S. The van der Waals surface area contributed by atoms with Gasteiger partial charge in [-0.1, -0.05) is 42.5 Å². The van der Waals surface area contributed by atoms with Gasteiger partial charge in [-0.3, -0.25) is 4.72 Å². The second-order valence-corrected chi connectivity index (χ2v) is 7.30. The Morgan fingerprint density at radius 3 is 2.38 bits per heavy atom. The van der Waals surface area contributed by atoms with Gasteiger partial charge >= 0.3 is 0 Å². The third kappa shape index (κ3) is 3.25. The fourth-order valence-electron chi connectivity index (χ4n) is 2.54. The molecule has 0 amide bonds. The predicted octanol–water partition coefficient (Wildman–Crippen LogP) is 2.54. The van der Waals surface area contributed by atoms with Gasteiger partial charge in [-0.15, -0.1) is 0 Å². The van der Waals surface area contributed by atoms with Gasteiger partial charge in [0.05, 0.1) is 11.9 Å². The van der Waals surface area contributed by atoms with Crippen molar-refractivity contribution in [2.75, 3.05) is 11.0 Å². The van der Waals surface area contributed by atoms with Gasteiger partial charge < -0.3 is 5.73 Å². The van der Waals surface area contributed by atoms with Crippen LogP contribution in [0.4, 0.5) is 5.69 Å². The Bertz CT molecular complexity index is 757. The molecule has 0 heterocycles. The lowest BCUT2D eigenvalue weighted by Gasteiger charge is -2.13. The molecule has 1 aliphatic rings. The van der Waals surface area contributed by atoms with Gasteiger partial charge in [-0.05, 0) is 23.6 Å². The maximum absolute atomic E-state index is 11.6. The van der Waals surface area contributed by atoms with E-state index in [1.165, 1.54) is 0 Å². The summed E-state index contributed by atoms with van der Waals surface area (Å²) < 4.78 is 25.8. The van der Waals surface area contributed by atoms with Gasteiger partial charge in [-0.25, -0.2) is 8.42 Å². The standard InChI is InChI=1S/C16H18N2O2S/c1-21(19,20)18-16-9-12(14-10-15(14)17)7-8-13(16)11-5-3-2-4-6-11/h2-9,14-15,18H,10,17H2,1H3. The highest BCUT2D eigenvalue weighted by molar-refractivity contribution is 7.92. The third-order valence-corrected chi connectivity index (χ3v) is 4.28. The number of nitrogens with two attached hydrogens (primary N) is 1. The molecule has 0 radical (unpaired) electrons. The Balaban J connectivity index is 2.06. The molecule has 21 heavy (non-hydrogen) atoms.